The third-order valence-corrected chi connectivity index (χ3v) is 16.4. The number of nitrogens with zero attached hydrogens (tertiary/aromatic N) is 1. The lowest BCUT2D eigenvalue weighted by atomic mass is 10.0. The molecule has 0 saturated heterocycles. The van der Waals surface area contributed by atoms with E-state index in [-0.39, 0.29) is 19.1 Å². The number of aliphatic hydroxyl groups is 1. The number of phosphoric ester groups is 1. The van der Waals surface area contributed by atoms with Gasteiger partial charge in [-0.1, -0.05) is 314 Å². The van der Waals surface area contributed by atoms with Gasteiger partial charge in [-0.05, 0) is 44.9 Å². The van der Waals surface area contributed by atoms with Crippen LogP contribution in [0.2, 0.25) is 0 Å². The maximum Gasteiger partial charge on any atom is 0.268 e. The summed E-state index contributed by atoms with van der Waals surface area (Å²) in [5.41, 5.74) is 0. The monoisotopic (exact) mass is 1080 g/mol. The van der Waals surface area contributed by atoms with Crippen molar-refractivity contribution in [3.05, 3.63) is 24.3 Å². The first-order chi connectivity index (χ1) is 36.5. The summed E-state index contributed by atoms with van der Waals surface area (Å²) in [7, 11) is 1.28. The van der Waals surface area contributed by atoms with E-state index in [0.717, 1.165) is 38.5 Å². The van der Waals surface area contributed by atoms with Gasteiger partial charge in [0.05, 0.1) is 39.9 Å². The maximum atomic E-state index is 13.0. The Balaban J connectivity index is 3.91. The summed E-state index contributed by atoms with van der Waals surface area (Å²) in [5.74, 6) is -0.190. The molecule has 0 bridgehead atoms. The van der Waals surface area contributed by atoms with Gasteiger partial charge in [-0.25, -0.2) is 0 Å². The molecule has 0 aliphatic rings. The second kappa shape index (κ2) is 57.7. The molecule has 9 heteroatoms. The van der Waals surface area contributed by atoms with Crippen molar-refractivity contribution >= 4 is 13.7 Å². The Morgan fingerprint density at radius 1 is 0.453 bits per heavy atom. The maximum absolute atomic E-state index is 13.0. The fraction of sp³-hybridized carbons (Fsp3) is 0.924. The number of hydrogen-bond acceptors (Lipinski definition) is 6. The number of unbranched alkanes of at least 4 members (excludes halogenated alkanes) is 47. The topological polar surface area (TPSA) is 108 Å². The van der Waals surface area contributed by atoms with Crippen LogP contribution in [0.25, 0.3) is 0 Å². The Kier molecular flexibility index (Phi) is 56.9. The summed E-state index contributed by atoms with van der Waals surface area (Å²) in [5, 5.41) is 13.9. The molecule has 0 saturated carbocycles. The smallest absolute Gasteiger partial charge is 0.268 e. The summed E-state index contributed by atoms with van der Waals surface area (Å²) in [6.45, 7) is 4.69. The number of carbonyl (C=O) groups excluding carboxylic acids is 1. The SMILES string of the molecule is CCCCCCCCCC/C=C\CCCCCCCCCCCCCCCCCCCCCCCCCCCC(=O)NC(COP(=O)([O-])OCC[N+](C)(C)C)C(O)/C=C/CCCCCCCCCCCCCCCC. The summed E-state index contributed by atoms with van der Waals surface area (Å²) < 4.78 is 23.4. The molecule has 0 fully saturated rings. The first-order valence-electron chi connectivity index (χ1n) is 33.2. The Labute approximate surface area is 468 Å². The summed E-state index contributed by atoms with van der Waals surface area (Å²) in [6.07, 6.45) is 74.4. The fourth-order valence-corrected chi connectivity index (χ4v) is 10.9. The van der Waals surface area contributed by atoms with Crippen molar-refractivity contribution in [2.24, 2.45) is 0 Å². The number of hydrogen-bond donors (Lipinski definition) is 2. The largest absolute Gasteiger partial charge is 0.756 e. The van der Waals surface area contributed by atoms with Crippen LogP contribution in [0.1, 0.15) is 341 Å². The standard InChI is InChI=1S/C66H131N2O6P/c1-6-8-10-12-14-16-18-20-22-24-25-26-27-28-29-30-31-32-33-34-35-36-37-38-39-40-41-42-43-44-46-48-50-52-54-56-58-60-66(70)67-64(63-74-75(71,72)73-62-61-68(3,4)5)65(69)59-57-55-53-51-49-47-45-23-21-19-17-15-13-11-9-7-2/h24-25,57,59,64-65,69H,6-23,26-56,58,60-63H2,1-5H3,(H-,67,70,71,72)/b25-24-,59-57+. The Morgan fingerprint density at radius 3 is 1.04 bits per heavy atom. The molecule has 0 aliphatic carbocycles. The highest BCUT2D eigenvalue weighted by molar-refractivity contribution is 7.45. The van der Waals surface area contributed by atoms with E-state index in [4.69, 9.17) is 9.05 Å². The lowest BCUT2D eigenvalue weighted by Crippen LogP contribution is -2.45. The van der Waals surface area contributed by atoms with Crippen LogP contribution in [0.3, 0.4) is 0 Å². The third kappa shape index (κ3) is 60.5. The lowest BCUT2D eigenvalue weighted by molar-refractivity contribution is -0.870. The van der Waals surface area contributed by atoms with Crippen LogP contribution in [-0.2, 0) is 18.4 Å². The number of carbonyl (C=O) groups is 1. The zero-order chi connectivity index (χ0) is 54.9. The molecule has 0 aromatic rings. The molecule has 1 amide bonds. The third-order valence-electron chi connectivity index (χ3n) is 15.4. The quantitative estimate of drug-likeness (QED) is 0.0272. The second-order valence-electron chi connectivity index (χ2n) is 24.2. The zero-order valence-corrected chi connectivity index (χ0v) is 51.9. The number of aliphatic hydroxyl groups excluding tert-OH is 1. The normalized spacial score (nSPS) is 13.9. The van der Waals surface area contributed by atoms with Gasteiger partial charge >= 0.3 is 0 Å². The lowest BCUT2D eigenvalue weighted by Gasteiger charge is -2.29. The average Bonchev–Trinajstić information content (AvgIpc) is 3.37. The molecule has 0 heterocycles. The van der Waals surface area contributed by atoms with E-state index in [9.17, 15) is 19.4 Å². The van der Waals surface area contributed by atoms with Crippen molar-refractivity contribution in [2.75, 3.05) is 40.9 Å². The summed E-state index contributed by atoms with van der Waals surface area (Å²) >= 11 is 0. The number of rotatable bonds is 62. The van der Waals surface area contributed by atoms with E-state index in [1.165, 1.54) is 283 Å². The van der Waals surface area contributed by atoms with Crippen molar-refractivity contribution in [1.82, 2.24) is 5.32 Å². The highest BCUT2D eigenvalue weighted by Gasteiger charge is 2.23. The van der Waals surface area contributed by atoms with Gasteiger partial charge in [0.15, 0.2) is 0 Å². The van der Waals surface area contributed by atoms with Crippen molar-refractivity contribution < 1.29 is 32.9 Å². The van der Waals surface area contributed by atoms with Gasteiger partial charge in [0.25, 0.3) is 7.82 Å². The van der Waals surface area contributed by atoms with Gasteiger partial charge in [-0.3, -0.25) is 9.36 Å². The molecule has 0 aliphatic heterocycles. The molecular weight excluding hydrogens is 948 g/mol. The molecule has 0 aromatic heterocycles. The Hall–Kier alpha value is -1.02. The highest BCUT2D eigenvalue weighted by atomic mass is 31.2. The Bertz CT molecular complexity index is 1270. The molecule has 0 aromatic carbocycles. The Morgan fingerprint density at radius 2 is 0.733 bits per heavy atom. The predicted molar refractivity (Wildman–Crippen MR) is 325 cm³/mol. The summed E-state index contributed by atoms with van der Waals surface area (Å²) in [6, 6.07) is -0.883. The van der Waals surface area contributed by atoms with E-state index in [2.05, 4.69) is 31.3 Å². The van der Waals surface area contributed by atoms with Crippen molar-refractivity contribution in [3.8, 4) is 0 Å². The molecule has 0 radical (unpaired) electrons. The van der Waals surface area contributed by atoms with Crippen molar-refractivity contribution in [3.63, 3.8) is 0 Å². The average molecular weight is 1080 g/mol. The van der Waals surface area contributed by atoms with Crippen LogP contribution in [0, 0.1) is 0 Å². The molecule has 0 spiro atoms. The molecule has 0 rings (SSSR count). The van der Waals surface area contributed by atoms with Crippen molar-refractivity contribution in [1.29, 1.82) is 0 Å². The minimum Gasteiger partial charge on any atom is -0.756 e. The van der Waals surface area contributed by atoms with Gasteiger partial charge in [0.2, 0.25) is 5.91 Å². The zero-order valence-electron chi connectivity index (χ0n) is 51.0. The molecule has 446 valence electrons. The van der Waals surface area contributed by atoms with E-state index in [1.807, 2.05) is 27.2 Å². The number of quaternary nitrogens is 1. The molecule has 2 N–H and O–H groups in total. The minimum atomic E-state index is -4.59. The van der Waals surface area contributed by atoms with Crippen LogP contribution in [0.5, 0.6) is 0 Å². The number of allylic oxidation sites excluding steroid dienone is 3. The van der Waals surface area contributed by atoms with E-state index in [1.54, 1.807) is 6.08 Å². The van der Waals surface area contributed by atoms with Gasteiger partial charge in [-0.15, -0.1) is 0 Å². The first kappa shape index (κ1) is 74.0. The molecular formula is C66H131N2O6P. The number of likely N-dealkylation sites (N-methyl/N-ethyl adjacent to an activating group) is 1. The fourth-order valence-electron chi connectivity index (χ4n) is 10.2. The van der Waals surface area contributed by atoms with Gasteiger partial charge in [-0.2, -0.15) is 0 Å². The predicted octanol–water partition coefficient (Wildman–Crippen LogP) is 20.1. The van der Waals surface area contributed by atoms with Gasteiger partial charge in [0, 0.05) is 6.42 Å². The minimum absolute atomic E-state index is 0.00195. The highest BCUT2D eigenvalue weighted by Crippen LogP contribution is 2.38. The van der Waals surface area contributed by atoms with E-state index >= 15 is 0 Å². The van der Waals surface area contributed by atoms with Crippen LogP contribution in [0.15, 0.2) is 24.3 Å². The van der Waals surface area contributed by atoms with Crippen molar-refractivity contribution in [2.45, 2.75) is 353 Å². The van der Waals surface area contributed by atoms with Crippen LogP contribution in [-0.4, -0.2) is 68.5 Å². The van der Waals surface area contributed by atoms with Crippen LogP contribution < -0.4 is 10.2 Å². The number of amides is 1. The second-order valence-corrected chi connectivity index (χ2v) is 25.6. The van der Waals surface area contributed by atoms with Crippen LogP contribution in [0.4, 0.5) is 0 Å². The van der Waals surface area contributed by atoms with E-state index < -0.39 is 20.0 Å². The number of phosphoric acid groups is 1. The van der Waals surface area contributed by atoms with Crippen LogP contribution >= 0.6 is 7.82 Å². The first-order valence-corrected chi connectivity index (χ1v) is 34.7. The number of nitrogens with one attached hydrogen (secondary N) is 1. The molecule has 8 nitrogen and oxygen atoms in total. The van der Waals surface area contributed by atoms with Gasteiger partial charge in [0.1, 0.15) is 13.2 Å². The summed E-state index contributed by atoms with van der Waals surface area (Å²) in [4.78, 5) is 25.5. The molecule has 3 unspecified atom stereocenters. The van der Waals surface area contributed by atoms with Gasteiger partial charge < -0.3 is 28.8 Å². The molecule has 3 atom stereocenters. The van der Waals surface area contributed by atoms with E-state index in [0.29, 0.717) is 17.4 Å². The molecule has 75 heavy (non-hydrogen) atoms.